The summed E-state index contributed by atoms with van der Waals surface area (Å²) in [6.45, 7) is 4.73. The van der Waals surface area contributed by atoms with Crippen LogP contribution < -0.4 is 5.56 Å². The van der Waals surface area contributed by atoms with Crippen LogP contribution in [0.3, 0.4) is 0 Å². The Hall–Kier alpha value is -2.69. The SMILES string of the molecule is CC1(C)CC(=O)c2cc(C(=O)N3CCCC[C@H]3CCCc3ccccc3)c(=O)[nH]c2C1. The number of amides is 1. The smallest absolute Gasteiger partial charge is 0.261 e. The number of Topliss-reactive ketones (excluding diaryl/α,β-unsaturated/α-hetero) is 1. The number of benzene rings is 1. The number of rotatable bonds is 5. The Balaban J connectivity index is 1.51. The van der Waals surface area contributed by atoms with Gasteiger partial charge in [-0.05, 0) is 62.0 Å². The fourth-order valence-corrected chi connectivity index (χ4v) is 5.10. The van der Waals surface area contributed by atoms with Gasteiger partial charge < -0.3 is 9.88 Å². The van der Waals surface area contributed by atoms with Crippen molar-refractivity contribution in [3.63, 3.8) is 0 Å². The van der Waals surface area contributed by atoms with Crippen molar-refractivity contribution in [2.24, 2.45) is 5.41 Å². The van der Waals surface area contributed by atoms with E-state index in [-0.39, 0.29) is 34.3 Å². The summed E-state index contributed by atoms with van der Waals surface area (Å²) in [5.74, 6) is -0.222. The number of piperidine rings is 1. The molecule has 2 aromatic rings. The number of pyridine rings is 1. The maximum Gasteiger partial charge on any atom is 0.261 e. The normalized spacial score (nSPS) is 20.4. The molecule has 5 heteroatoms. The second-order valence-corrected chi connectivity index (χ2v) is 9.87. The molecule has 0 bridgehead atoms. The minimum atomic E-state index is -0.372. The van der Waals surface area contributed by atoms with Gasteiger partial charge in [-0.25, -0.2) is 0 Å². The molecule has 4 rings (SSSR count). The van der Waals surface area contributed by atoms with Crippen LogP contribution in [0.5, 0.6) is 0 Å². The van der Waals surface area contributed by atoms with E-state index >= 15 is 0 Å². The minimum absolute atomic E-state index is 0.00889. The molecule has 1 N–H and O–H groups in total. The van der Waals surface area contributed by atoms with Gasteiger partial charge in [0.15, 0.2) is 5.78 Å². The van der Waals surface area contributed by atoms with Gasteiger partial charge in [0.2, 0.25) is 0 Å². The maximum absolute atomic E-state index is 13.4. The van der Waals surface area contributed by atoms with Gasteiger partial charge in [-0.3, -0.25) is 14.4 Å². The summed E-state index contributed by atoms with van der Waals surface area (Å²) in [4.78, 5) is 43.6. The third kappa shape index (κ3) is 4.81. The fraction of sp³-hybridized carbons (Fsp3) is 0.500. The van der Waals surface area contributed by atoms with E-state index in [0.717, 1.165) is 38.5 Å². The Morgan fingerprint density at radius 2 is 1.90 bits per heavy atom. The lowest BCUT2D eigenvalue weighted by molar-refractivity contribution is 0.0597. The fourth-order valence-electron chi connectivity index (χ4n) is 5.10. The van der Waals surface area contributed by atoms with Gasteiger partial charge >= 0.3 is 0 Å². The van der Waals surface area contributed by atoms with Crippen molar-refractivity contribution in [2.45, 2.75) is 71.3 Å². The molecule has 0 saturated carbocycles. The number of carbonyl (C=O) groups excluding carboxylic acids is 2. The first-order valence-corrected chi connectivity index (χ1v) is 11.5. The van der Waals surface area contributed by atoms with Crippen molar-refractivity contribution < 1.29 is 9.59 Å². The summed E-state index contributed by atoms with van der Waals surface area (Å²) in [5.41, 5.74) is 2.06. The Labute approximate surface area is 183 Å². The number of nitrogens with one attached hydrogen (secondary N) is 1. The number of carbonyl (C=O) groups is 2. The van der Waals surface area contributed by atoms with Gasteiger partial charge in [0.25, 0.3) is 11.5 Å². The molecule has 1 aliphatic heterocycles. The summed E-state index contributed by atoms with van der Waals surface area (Å²) in [6, 6.07) is 12.1. The summed E-state index contributed by atoms with van der Waals surface area (Å²) in [7, 11) is 0. The monoisotopic (exact) mass is 420 g/mol. The first-order valence-electron chi connectivity index (χ1n) is 11.5. The lowest BCUT2D eigenvalue weighted by Gasteiger charge is -2.36. The molecule has 1 amide bonds. The molecule has 1 aromatic carbocycles. The summed E-state index contributed by atoms with van der Waals surface area (Å²) < 4.78 is 0. The zero-order valence-electron chi connectivity index (χ0n) is 18.6. The number of nitrogens with zero attached hydrogens (tertiary/aromatic N) is 1. The van der Waals surface area contributed by atoms with Crippen LogP contribution in [0.15, 0.2) is 41.2 Å². The van der Waals surface area contributed by atoms with E-state index in [0.29, 0.717) is 30.6 Å². The molecule has 1 aliphatic carbocycles. The topological polar surface area (TPSA) is 70.2 Å². The maximum atomic E-state index is 13.4. The predicted octanol–water partition coefficient (Wildman–Crippen LogP) is 4.55. The number of aryl methyl sites for hydroxylation is 1. The lowest BCUT2D eigenvalue weighted by atomic mass is 9.75. The molecule has 0 spiro atoms. The van der Waals surface area contributed by atoms with Crippen molar-refractivity contribution in [2.75, 3.05) is 6.54 Å². The average molecular weight is 421 g/mol. The number of likely N-dealkylation sites (tertiary alicyclic amines) is 1. The van der Waals surface area contributed by atoms with Gasteiger partial charge in [-0.2, -0.15) is 0 Å². The number of ketones is 1. The molecule has 1 saturated heterocycles. The highest BCUT2D eigenvalue weighted by atomic mass is 16.2. The van der Waals surface area contributed by atoms with Gasteiger partial charge in [-0.1, -0.05) is 44.2 Å². The molecule has 1 aromatic heterocycles. The van der Waals surface area contributed by atoms with Crippen molar-refractivity contribution in [1.82, 2.24) is 9.88 Å². The number of H-pyrrole nitrogens is 1. The van der Waals surface area contributed by atoms with E-state index in [2.05, 4.69) is 29.2 Å². The standard InChI is InChI=1S/C26H32N2O3/c1-26(2)16-22-20(23(29)17-26)15-21(24(30)27-22)25(31)28-14-7-6-12-19(28)13-8-11-18-9-4-3-5-10-18/h3-5,9-10,15,19H,6-8,11-14,16-17H2,1-2H3,(H,27,30)/t19-/m0/s1. The third-order valence-electron chi connectivity index (χ3n) is 6.68. The van der Waals surface area contributed by atoms with E-state index in [1.807, 2.05) is 24.8 Å². The number of hydrogen-bond acceptors (Lipinski definition) is 3. The Kier molecular flexibility index (Phi) is 6.12. The molecule has 31 heavy (non-hydrogen) atoms. The highest BCUT2D eigenvalue weighted by Crippen LogP contribution is 2.33. The molecule has 1 fully saturated rings. The minimum Gasteiger partial charge on any atom is -0.335 e. The molecular formula is C26H32N2O3. The first kappa shape index (κ1) is 21.5. The quantitative estimate of drug-likeness (QED) is 0.772. The summed E-state index contributed by atoms with van der Waals surface area (Å²) in [5, 5.41) is 0. The molecule has 5 nitrogen and oxygen atoms in total. The van der Waals surface area contributed by atoms with Crippen LogP contribution in [-0.4, -0.2) is 34.2 Å². The molecule has 0 unspecified atom stereocenters. The van der Waals surface area contributed by atoms with Crippen molar-refractivity contribution in [1.29, 1.82) is 0 Å². The largest absolute Gasteiger partial charge is 0.335 e. The van der Waals surface area contributed by atoms with E-state index in [4.69, 9.17) is 0 Å². The Morgan fingerprint density at radius 3 is 2.68 bits per heavy atom. The van der Waals surface area contributed by atoms with Crippen LogP contribution >= 0.6 is 0 Å². The molecule has 2 heterocycles. The number of aromatic amines is 1. The molecule has 0 radical (unpaired) electrons. The first-order chi connectivity index (χ1) is 14.8. The van der Waals surface area contributed by atoms with Crippen molar-refractivity contribution >= 4 is 11.7 Å². The lowest BCUT2D eigenvalue weighted by Crippen LogP contribution is -2.45. The molecule has 164 valence electrons. The van der Waals surface area contributed by atoms with Crippen LogP contribution in [0.2, 0.25) is 0 Å². The van der Waals surface area contributed by atoms with Gasteiger partial charge in [0.1, 0.15) is 5.56 Å². The Bertz CT molecular complexity index is 1020. The highest BCUT2D eigenvalue weighted by Gasteiger charge is 2.34. The van der Waals surface area contributed by atoms with Gasteiger partial charge in [0, 0.05) is 30.3 Å². The van der Waals surface area contributed by atoms with Crippen LogP contribution in [-0.2, 0) is 12.8 Å². The van der Waals surface area contributed by atoms with Crippen molar-refractivity contribution in [3.05, 3.63) is 69.1 Å². The van der Waals surface area contributed by atoms with E-state index in [1.54, 1.807) is 6.07 Å². The van der Waals surface area contributed by atoms with E-state index in [9.17, 15) is 14.4 Å². The third-order valence-corrected chi connectivity index (χ3v) is 6.68. The second kappa shape index (κ2) is 8.81. The van der Waals surface area contributed by atoms with E-state index in [1.165, 1.54) is 5.56 Å². The van der Waals surface area contributed by atoms with Crippen LogP contribution in [0.4, 0.5) is 0 Å². The summed E-state index contributed by atoms with van der Waals surface area (Å²) in [6.07, 6.45) is 7.03. The van der Waals surface area contributed by atoms with Crippen LogP contribution in [0.1, 0.15) is 84.3 Å². The average Bonchev–Trinajstić information content (AvgIpc) is 2.73. The zero-order chi connectivity index (χ0) is 22.0. The number of aromatic nitrogens is 1. The van der Waals surface area contributed by atoms with Crippen molar-refractivity contribution in [3.8, 4) is 0 Å². The Morgan fingerprint density at radius 1 is 1.13 bits per heavy atom. The van der Waals surface area contributed by atoms with Crippen LogP contribution in [0.25, 0.3) is 0 Å². The molecule has 2 aliphatic rings. The number of fused-ring (bicyclic) bond motifs is 1. The highest BCUT2D eigenvalue weighted by molar-refractivity contribution is 6.02. The molecule has 1 atom stereocenters. The van der Waals surface area contributed by atoms with Gasteiger partial charge in [0.05, 0.1) is 0 Å². The second-order valence-electron chi connectivity index (χ2n) is 9.87. The van der Waals surface area contributed by atoms with Gasteiger partial charge in [-0.15, -0.1) is 0 Å². The predicted molar refractivity (Wildman–Crippen MR) is 122 cm³/mol. The van der Waals surface area contributed by atoms with Crippen LogP contribution in [0, 0.1) is 5.41 Å². The van der Waals surface area contributed by atoms with E-state index < -0.39 is 0 Å². The summed E-state index contributed by atoms with van der Waals surface area (Å²) >= 11 is 0. The zero-order valence-corrected chi connectivity index (χ0v) is 18.6. The molecular weight excluding hydrogens is 388 g/mol. The number of hydrogen-bond donors (Lipinski definition) is 1.